The molecule has 1 amide bonds. The van der Waals surface area contributed by atoms with Gasteiger partial charge in [0, 0.05) is 5.69 Å². The number of aliphatic carboxylic acids is 1. The van der Waals surface area contributed by atoms with Crippen molar-refractivity contribution in [2.24, 2.45) is 17.0 Å². The molecule has 1 aromatic carbocycles. The highest BCUT2D eigenvalue weighted by atomic mass is 32.2. The first-order valence-corrected chi connectivity index (χ1v) is 8.11. The minimum absolute atomic E-state index is 0.273. The van der Waals surface area contributed by atoms with Gasteiger partial charge in [-0.25, -0.2) is 13.6 Å². The van der Waals surface area contributed by atoms with Gasteiger partial charge in [-0.15, -0.1) is 0 Å². The van der Waals surface area contributed by atoms with Crippen molar-refractivity contribution >= 4 is 27.6 Å². The van der Waals surface area contributed by atoms with Crippen LogP contribution in [-0.2, 0) is 25.4 Å². The van der Waals surface area contributed by atoms with E-state index < -0.39 is 27.8 Å². The zero-order chi connectivity index (χ0) is 15.6. The predicted octanol–water partition coefficient (Wildman–Crippen LogP) is 0.524. The second-order valence-corrected chi connectivity index (χ2v) is 6.74. The Morgan fingerprint density at radius 1 is 1.19 bits per heavy atom. The molecule has 0 aromatic heterocycles. The lowest BCUT2D eigenvalue weighted by Crippen LogP contribution is -2.41. The Morgan fingerprint density at radius 2 is 1.76 bits per heavy atom. The molecule has 1 fully saturated rings. The Kier molecular flexibility index (Phi) is 4.29. The predicted molar refractivity (Wildman–Crippen MR) is 75.7 cm³/mol. The van der Waals surface area contributed by atoms with Crippen molar-refractivity contribution < 1.29 is 23.1 Å². The summed E-state index contributed by atoms with van der Waals surface area (Å²) in [6.07, 6.45) is 1.08. The monoisotopic (exact) mass is 312 g/mol. The van der Waals surface area contributed by atoms with Gasteiger partial charge in [-0.05, 0) is 30.5 Å². The molecule has 0 saturated heterocycles. The fourth-order valence-electron chi connectivity index (χ4n) is 2.26. The van der Waals surface area contributed by atoms with Gasteiger partial charge < -0.3 is 10.4 Å². The van der Waals surface area contributed by atoms with Crippen LogP contribution in [0.4, 0.5) is 5.69 Å². The van der Waals surface area contributed by atoms with Gasteiger partial charge in [-0.3, -0.25) is 9.59 Å². The summed E-state index contributed by atoms with van der Waals surface area (Å²) in [5, 5.41) is 16.5. The van der Waals surface area contributed by atoms with E-state index in [1.165, 1.54) is 0 Å². The van der Waals surface area contributed by atoms with E-state index in [1.54, 1.807) is 24.3 Å². The summed E-state index contributed by atoms with van der Waals surface area (Å²) in [5.41, 5.74) is 1.01. The van der Waals surface area contributed by atoms with Crippen LogP contribution in [0.15, 0.2) is 24.3 Å². The number of benzene rings is 1. The molecular formula is C13H16N2O5S. The molecule has 2 rings (SSSR count). The minimum Gasteiger partial charge on any atom is -0.481 e. The van der Waals surface area contributed by atoms with Gasteiger partial charge in [0.15, 0.2) is 0 Å². The number of hydrogen-bond acceptors (Lipinski definition) is 4. The standard InChI is InChI=1S/C13H16N2O5S/c14-21(19,20)7-8-1-3-9(4-2-8)15-12(16)10-5-6-11(10)13(17)18/h1-4,10-11H,5-7H2,(H,15,16)(H,17,18)(H2,14,19,20). The molecule has 7 nitrogen and oxygen atoms in total. The molecule has 21 heavy (non-hydrogen) atoms. The van der Waals surface area contributed by atoms with E-state index >= 15 is 0 Å². The number of primary sulfonamides is 1. The number of nitrogens with two attached hydrogens (primary N) is 1. The maximum absolute atomic E-state index is 11.9. The Hall–Kier alpha value is -1.93. The van der Waals surface area contributed by atoms with E-state index in [-0.39, 0.29) is 11.7 Å². The van der Waals surface area contributed by atoms with Crippen molar-refractivity contribution in [1.29, 1.82) is 0 Å². The molecule has 8 heteroatoms. The van der Waals surface area contributed by atoms with Crippen molar-refractivity contribution in [2.45, 2.75) is 18.6 Å². The SMILES string of the molecule is NS(=O)(=O)Cc1ccc(NC(=O)C2CCC2C(=O)O)cc1. The molecule has 0 heterocycles. The van der Waals surface area contributed by atoms with Crippen LogP contribution in [0.1, 0.15) is 18.4 Å². The number of sulfonamides is 1. The quantitative estimate of drug-likeness (QED) is 0.730. The van der Waals surface area contributed by atoms with Crippen LogP contribution < -0.4 is 10.5 Å². The van der Waals surface area contributed by atoms with Gasteiger partial charge in [-0.2, -0.15) is 0 Å². The molecule has 0 radical (unpaired) electrons. The zero-order valence-corrected chi connectivity index (χ0v) is 12.0. The van der Waals surface area contributed by atoms with Crippen LogP contribution in [0, 0.1) is 11.8 Å². The first kappa shape index (κ1) is 15.5. The maximum atomic E-state index is 11.9. The molecule has 1 saturated carbocycles. The van der Waals surface area contributed by atoms with E-state index in [0.29, 0.717) is 24.1 Å². The molecule has 2 atom stereocenters. The Bertz CT molecular complexity index is 654. The van der Waals surface area contributed by atoms with Crippen molar-refractivity contribution in [1.82, 2.24) is 0 Å². The van der Waals surface area contributed by atoms with E-state index in [4.69, 9.17) is 10.2 Å². The van der Waals surface area contributed by atoms with Crippen LogP contribution in [0.3, 0.4) is 0 Å². The van der Waals surface area contributed by atoms with Gasteiger partial charge in [0.05, 0.1) is 17.6 Å². The van der Waals surface area contributed by atoms with Crippen molar-refractivity contribution in [2.75, 3.05) is 5.32 Å². The number of carbonyl (C=O) groups excluding carboxylic acids is 1. The molecule has 0 aliphatic heterocycles. The van der Waals surface area contributed by atoms with Crippen LogP contribution in [0.5, 0.6) is 0 Å². The third-order valence-electron chi connectivity index (χ3n) is 3.52. The van der Waals surface area contributed by atoms with Crippen LogP contribution >= 0.6 is 0 Å². The summed E-state index contributed by atoms with van der Waals surface area (Å²) < 4.78 is 21.9. The van der Waals surface area contributed by atoms with E-state index in [1.807, 2.05) is 0 Å². The fourth-order valence-corrected chi connectivity index (χ4v) is 2.92. The Labute approximate surface area is 122 Å². The summed E-state index contributed by atoms with van der Waals surface area (Å²) in [7, 11) is -3.59. The maximum Gasteiger partial charge on any atom is 0.307 e. The minimum atomic E-state index is -3.59. The topological polar surface area (TPSA) is 127 Å². The molecule has 114 valence electrons. The Balaban J connectivity index is 1.97. The van der Waals surface area contributed by atoms with Crippen LogP contribution in [-0.4, -0.2) is 25.4 Å². The smallest absolute Gasteiger partial charge is 0.307 e. The Morgan fingerprint density at radius 3 is 2.19 bits per heavy atom. The van der Waals surface area contributed by atoms with Crippen molar-refractivity contribution in [3.8, 4) is 0 Å². The summed E-state index contributed by atoms with van der Waals surface area (Å²) in [6, 6.07) is 6.23. The van der Waals surface area contributed by atoms with E-state index in [0.717, 1.165) is 0 Å². The normalized spacial score (nSPS) is 21.4. The molecule has 1 aromatic rings. The number of carboxylic acid groups (broad SMARTS) is 1. The highest BCUT2D eigenvalue weighted by Crippen LogP contribution is 2.35. The number of hydrogen-bond donors (Lipinski definition) is 3. The molecular weight excluding hydrogens is 296 g/mol. The number of amides is 1. The molecule has 1 aliphatic carbocycles. The summed E-state index contributed by atoms with van der Waals surface area (Å²) in [5.74, 6) is -2.68. The molecule has 1 aliphatic rings. The molecule has 0 spiro atoms. The molecule has 4 N–H and O–H groups in total. The average Bonchev–Trinajstić information content (AvgIpc) is 2.27. The fraction of sp³-hybridized carbons (Fsp3) is 0.385. The van der Waals surface area contributed by atoms with Crippen LogP contribution in [0.2, 0.25) is 0 Å². The lowest BCUT2D eigenvalue weighted by atomic mass is 9.73. The number of nitrogens with one attached hydrogen (secondary N) is 1. The van der Waals surface area contributed by atoms with E-state index in [9.17, 15) is 18.0 Å². The number of rotatable bonds is 5. The lowest BCUT2D eigenvalue weighted by molar-refractivity contribution is -0.151. The van der Waals surface area contributed by atoms with Crippen molar-refractivity contribution in [3.05, 3.63) is 29.8 Å². The highest BCUT2D eigenvalue weighted by molar-refractivity contribution is 7.88. The van der Waals surface area contributed by atoms with Gasteiger partial charge >= 0.3 is 5.97 Å². The van der Waals surface area contributed by atoms with Gasteiger partial charge in [0.25, 0.3) is 0 Å². The summed E-state index contributed by atoms with van der Waals surface area (Å²) >= 11 is 0. The lowest BCUT2D eigenvalue weighted by Gasteiger charge is -2.31. The second-order valence-electron chi connectivity index (χ2n) is 5.12. The number of carboxylic acids is 1. The second kappa shape index (κ2) is 5.82. The highest BCUT2D eigenvalue weighted by Gasteiger charge is 2.41. The third-order valence-corrected chi connectivity index (χ3v) is 4.25. The number of carbonyl (C=O) groups is 2. The largest absolute Gasteiger partial charge is 0.481 e. The first-order valence-electron chi connectivity index (χ1n) is 6.39. The average molecular weight is 312 g/mol. The van der Waals surface area contributed by atoms with Gasteiger partial charge in [-0.1, -0.05) is 12.1 Å². The molecule has 0 bridgehead atoms. The zero-order valence-electron chi connectivity index (χ0n) is 11.2. The number of anilines is 1. The van der Waals surface area contributed by atoms with Crippen LogP contribution in [0.25, 0.3) is 0 Å². The summed E-state index contributed by atoms with van der Waals surface area (Å²) in [6.45, 7) is 0. The molecule has 2 unspecified atom stereocenters. The van der Waals surface area contributed by atoms with E-state index in [2.05, 4.69) is 5.32 Å². The first-order chi connectivity index (χ1) is 9.76. The van der Waals surface area contributed by atoms with Gasteiger partial charge in [0.2, 0.25) is 15.9 Å². The third kappa shape index (κ3) is 4.02. The van der Waals surface area contributed by atoms with Gasteiger partial charge in [0.1, 0.15) is 0 Å². The van der Waals surface area contributed by atoms with Crippen molar-refractivity contribution in [3.63, 3.8) is 0 Å². The summed E-state index contributed by atoms with van der Waals surface area (Å²) in [4.78, 5) is 22.8.